The second-order valence-electron chi connectivity index (χ2n) is 3.61. The molecule has 1 N–H and O–H groups in total. The van der Waals surface area contributed by atoms with Crippen molar-refractivity contribution in [1.29, 1.82) is 0 Å². The number of hydrogen-bond donors (Lipinski definition) is 1. The molecule has 2 aromatic rings. The minimum atomic E-state index is 0.350. The number of aromatic nitrogens is 3. The Kier molecular flexibility index (Phi) is 3.93. The zero-order valence-electron chi connectivity index (χ0n) is 8.93. The molecule has 0 spiro atoms. The molecule has 0 saturated heterocycles. The van der Waals surface area contributed by atoms with Gasteiger partial charge in [0.25, 0.3) is 0 Å². The molecule has 0 amide bonds. The molecule has 2 aromatic heterocycles. The zero-order chi connectivity index (χ0) is 11.4. The van der Waals surface area contributed by atoms with Gasteiger partial charge in [0.05, 0.1) is 10.9 Å². The number of nitrogens with one attached hydrogen (secondary N) is 1. The molecular weight excluding hydrogens is 244 g/mol. The van der Waals surface area contributed by atoms with Crippen molar-refractivity contribution >= 4 is 22.9 Å². The van der Waals surface area contributed by atoms with Crippen molar-refractivity contribution in [1.82, 2.24) is 20.1 Å². The average molecular weight is 257 g/mol. The first kappa shape index (κ1) is 11.6. The van der Waals surface area contributed by atoms with Crippen molar-refractivity contribution < 1.29 is 0 Å². The van der Waals surface area contributed by atoms with Gasteiger partial charge < -0.3 is 5.32 Å². The average Bonchev–Trinajstić information content (AvgIpc) is 2.87. The van der Waals surface area contributed by atoms with Gasteiger partial charge in [0.15, 0.2) is 0 Å². The van der Waals surface area contributed by atoms with Crippen molar-refractivity contribution in [3.63, 3.8) is 0 Å². The number of nitrogens with zero attached hydrogens (tertiary/aromatic N) is 3. The van der Waals surface area contributed by atoms with Crippen LogP contribution in [0.1, 0.15) is 11.8 Å². The Bertz CT molecular complexity index is 426. The maximum atomic E-state index is 5.86. The Morgan fingerprint density at radius 2 is 2.44 bits per heavy atom. The van der Waals surface area contributed by atoms with Crippen LogP contribution in [0.4, 0.5) is 0 Å². The molecule has 0 saturated carbocycles. The number of thiophene rings is 1. The van der Waals surface area contributed by atoms with E-state index in [2.05, 4.69) is 22.3 Å². The maximum absolute atomic E-state index is 5.86. The van der Waals surface area contributed by atoms with E-state index in [1.165, 1.54) is 4.88 Å². The molecule has 2 rings (SSSR count). The van der Waals surface area contributed by atoms with Gasteiger partial charge in [-0.15, -0.1) is 11.3 Å². The van der Waals surface area contributed by atoms with E-state index < -0.39 is 0 Å². The van der Waals surface area contributed by atoms with Gasteiger partial charge in [-0.1, -0.05) is 11.6 Å². The van der Waals surface area contributed by atoms with Crippen LogP contribution in [-0.4, -0.2) is 20.8 Å². The van der Waals surface area contributed by atoms with E-state index in [9.17, 15) is 0 Å². The van der Waals surface area contributed by atoms with Crippen LogP contribution in [0.25, 0.3) is 0 Å². The second kappa shape index (κ2) is 5.43. The normalized spacial score (nSPS) is 12.9. The summed E-state index contributed by atoms with van der Waals surface area (Å²) in [6.07, 6.45) is 3.27. The Morgan fingerprint density at radius 3 is 3.06 bits per heavy atom. The molecule has 1 atom stereocenters. The lowest BCUT2D eigenvalue weighted by Gasteiger charge is -2.12. The number of hydrogen-bond acceptors (Lipinski definition) is 4. The predicted octanol–water partition coefficient (Wildman–Crippen LogP) is 2.17. The minimum absolute atomic E-state index is 0.350. The molecule has 1 unspecified atom stereocenters. The highest BCUT2D eigenvalue weighted by atomic mass is 35.5. The van der Waals surface area contributed by atoms with Crippen molar-refractivity contribution in [3.05, 3.63) is 34.0 Å². The van der Waals surface area contributed by atoms with Gasteiger partial charge in [0.2, 0.25) is 0 Å². The molecule has 6 heteroatoms. The van der Waals surface area contributed by atoms with Crippen LogP contribution >= 0.6 is 22.9 Å². The fraction of sp³-hybridized carbons (Fsp3) is 0.400. The van der Waals surface area contributed by atoms with E-state index in [-0.39, 0.29) is 0 Å². The maximum Gasteiger partial charge on any atom is 0.137 e. The van der Waals surface area contributed by atoms with Crippen molar-refractivity contribution in [3.8, 4) is 0 Å². The van der Waals surface area contributed by atoms with E-state index >= 15 is 0 Å². The fourth-order valence-corrected chi connectivity index (χ4v) is 2.43. The molecule has 0 radical (unpaired) electrons. The van der Waals surface area contributed by atoms with Crippen molar-refractivity contribution in [2.45, 2.75) is 26.1 Å². The summed E-state index contributed by atoms with van der Waals surface area (Å²) in [6.45, 7) is 3.78. The van der Waals surface area contributed by atoms with E-state index in [1.807, 2.05) is 16.8 Å². The summed E-state index contributed by atoms with van der Waals surface area (Å²) in [5.74, 6) is 0. The largest absolute Gasteiger partial charge is 0.308 e. The summed E-state index contributed by atoms with van der Waals surface area (Å²) in [6, 6.07) is 4.32. The van der Waals surface area contributed by atoms with Crippen LogP contribution in [0.15, 0.2) is 24.8 Å². The molecule has 0 bridgehead atoms. The smallest absolute Gasteiger partial charge is 0.137 e. The third kappa shape index (κ3) is 3.30. The van der Waals surface area contributed by atoms with Gasteiger partial charge in [0.1, 0.15) is 12.7 Å². The molecular formula is C10H13ClN4S. The van der Waals surface area contributed by atoms with Gasteiger partial charge >= 0.3 is 0 Å². The molecule has 86 valence electrons. The summed E-state index contributed by atoms with van der Waals surface area (Å²) in [4.78, 5) is 5.15. The highest BCUT2D eigenvalue weighted by molar-refractivity contribution is 7.16. The fourth-order valence-electron chi connectivity index (χ4n) is 1.39. The molecule has 2 heterocycles. The van der Waals surface area contributed by atoms with Crippen LogP contribution in [0, 0.1) is 0 Å². The van der Waals surface area contributed by atoms with Crippen molar-refractivity contribution in [2.24, 2.45) is 0 Å². The van der Waals surface area contributed by atoms with Crippen LogP contribution in [0.5, 0.6) is 0 Å². The molecule has 0 aliphatic rings. The number of halogens is 1. The van der Waals surface area contributed by atoms with E-state index in [1.54, 1.807) is 24.0 Å². The second-order valence-corrected chi connectivity index (χ2v) is 5.40. The first-order valence-electron chi connectivity index (χ1n) is 5.04. The monoisotopic (exact) mass is 256 g/mol. The van der Waals surface area contributed by atoms with Crippen LogP contribution in [0.3, 0.4) is 0 Å². The highest BCUT2D eigenvalue weighted by Crippen LogP contribution is 2.21. The topological polar surface area (TPSA) is 42.7 Å². The molecule has 0 fully saturated rings. The van der Waals surface area contributed by atoms with Crippen LogP contribution in [-0.2, 0) is 13.1 Å². The Balaban J connectivity index is 1.77. The molecule has 0 aromatic carbocycles. The third-order valence-electron chi connectivity index (χ3n) is 2.18. The molecule has 4 nitrogen and oxygen atoms in total. The van der Waals surface area contributed by atoms with Crippen molar-refractivity contribution in [2.75, 3.05) is 0 Å². The lowest BCUT2D eigenvalue weighted by molar-refractivity contribution is 0.451. The minimum Gasteiger partial charge on any atom is -0.308 e. The van der Waals surface area contributed by atoms with Crippen LogP contribution < -0.4 is 5.32 Å². The first-order valence-corrected chi connectivity index (χ1v) is 6.23. The summed E-state index contributed by atoms with van der Waals surface area (Å²) in [5.41, 5.74) is 0. The van der Waals surface area contributed by atoms with E-state index in [4.69, 9.17) is 11.6 Å². The molecule has 0 aliphatic carbocycles. The zero-order valence-corrected chi connectivity index (χ0v) is 10.5. The lowest BCUT2D eigenvalue weighted by atomic mass is 10.3. The van der Waals surface area contributed by atoms with Gasteiger partial charge in [-0.05, 0) is 19.1 Å². The quantitative estimate of drug-likeness (QED) is 0.892. The van der Waals surface area contributed by atoms with Gasteiger partial charge in [-0.3, -0.25) is 4.68 Å². The molecule has 0 aliphatic heterocycles. The summed E-state index contributed by atoms with van der Waals surface area (Å²) < 4.78 is 2.65. The van der Waals surface area contributed by atoms with E-state index in [0.29, 0.717) is 6.04 Å². The molecule has 16 heavy (non-hydrogen) atoms. The Morgan fingerprint density at radius 1 is 1.56 bits per heavy atom. The SMILES string of the molecule is CC(Cn1cncn1)NCc1ccc(Cl)s1. The van der Waals surface area contributed by atoms with Gasteiger partial charge in [-0.2, -0.15) is 5.10 Å². The highest BCUT2D eigenvalue weighted by Gasteiger charge is 2.04. The van der Waals surface area contributed by atoms with Crippen LogP contribution in [0.2, 0.25) is 4.34 Å². The lowest BCUT2D eigenvalue weighted by Crippen LogP contribution is -2.29. The van der Waals surface area contributed by atoms with Gasteiger partial charge in [0, 0.05) is 17.5 Å². The van der Waals surface area contributed by atoms with E-state index in [0.717, 1.165) is 17.4 Å². The summed E-state index contributed by atoms with van der Waals surface area (Å²) >= 11 is 7.47. The standard InChI is InChI=1S/C10H13ClN4S/c1-8(5-15-7-12-6-14-15)13-4-9-2-3-10(11)16-9/h2-3,6-8,13H,4-5H2,1H3. The first-order chi connectivity index (χ1) is 7.74. The summed E-state index contributed by atoms with van der Waals surface area (Å²) in [5, 5.41) is 7.48. The third-order valence-corrected chi connectivity index (χ3v) is 3.41. The van der Waals surface area contributed by atoms with Gasteiger partial charge in [-0.25, -0.2) is 4.98 Å². The Labute approximate surface area is 103 Å². The Hall–Kier alpha value is -0.910. The predicted molar refractivity (Wildman–Crippen MR) is 65.7 cm³/mol. The number of rotatable bonds is 5. The summed E-state index contributed by atoms with van der Waals surface area (Å²) in [7, 11) is 0.